The summed E-state index contributed by atoms with van der Waals surface area (Å²) in [5, 5.41) is 4.61. The van der Waals surface area contributed by atoms with Crippen molar-refractivity contribution in [3.8, 4) is 0 Å². The SMILES string of the molecule is CCCNC(COCC)c1ccc(Cl)c(Cl)c1. The number of rotatable bonds is 7. The Labute approximate surface area is 113 Å². The van der Waals surface area contributed by atoms with Gasteiger partial charge < -0.3 is 10.1 Å². The van der Waals surface area contributed by atoms with Crippen LogP contribution >= 0.6 is 23.2 Å². The smallest absolute Gasteiger partial charge is 0.0661 e. The minimum atomic E-state index is 0.171. The predicted molar refractivity (Wildman–Crippen MR) is 74.0 cm³/mol. The molecule has 2 nitrogen and oxygen atoms in total. The molecule has 0 radical (unpaired) electrons. The highest BCUT2D eigenvalue weighted by molar-refractivity contribution is 6.42. The fourth-order valence-corrected chi connectivity index (χ4v) is 1.86. The quantitative estimate of drug-likeness (QED) is 0.810. The van der Waals surface area contributed by atoms with Gasteiger partial charge in [0.2, 0.25) is 0 Å². The molecule has 0 aromatic heterocycles. The lowest BCUT2D eigenvalue weighted by Gasteiger charge is -2.19. The summed E-state index contributed by atoms with van der Waals surface area (Å²) in [7, 11) is 0. The molecular formula is C13H19Cl2NO. The second-order valence-electron chi connectivity index (χ2n) is 3.84. The molecule has 0 aliphatic carbocycles. The van der Waals surface area contributed by atoms with Gasteiger partial charge in [-0.25, -0.2) is 0 Å². The third kappa shape index (κ3) is 4.84. The van der Waals surface area contributed by atoms with Gasteiger partial charge in [-0.1, -0.05) is 36.2 Å². The molecule has 1 unspecified atom stereocenters. The number of hydrogen-bond acceptors (Lipinski definition) is 2. The number of nitrogens with one attached hydrogen (secondary N) is 1. The third-order valence-corrected chi connectivity index (χ3v) is 3.21. The van der Waals surface area contributed by atoms with Crippen molar-refractivity contribution >= 4 is 23.2 Å². The van der Waals surface area contributed by atoms with Gasteiger partial charge in [0, 0.05) is 6.61 Å². The van der Waals surface area contributed by atoms with Crippen LogP contribution in [0.5, 0.6) is 0 Å². The van der Waals surface area contributed by atoms with Crippen LogP contribution in [-0.4, -0.2) is 19.8 Å². The van der Waals surface area contributed by atoms with Crippen LogP contribution in [0.15, 0.2) is 18.2 Å². The molecule has 0 saturated carbocycles. The topological polar surface area (TPSA) is 21.3 Å². The zero-order chi connectivity index (χ0) is 12.7. The van der Waals surface area contributed by atoms with Crippen molar-refractivity contribution in [3.63, 3.8) is 0 Å². The van der Waals surface area contributed by atoms with Crippen molar-refractivity contribution < 1.29 is 4.74 Å². The molecule has 0 saturated heterocycles. The van der Waals surface area contributed by atoms with Crippen molar-refractivity contribution in [2.24, 2.45) is 0 Å². The van der Waals surface area contributed by atoms with E-state index < -0.39 is 0 Å². The summed E-state index contributed by atoms with van der Waals surface area (Å²) in [6.45, 7) is 6.45. The van der Waals surface area contributed by atoms with Gasteiger partial charge in [0.1, 0.15) is 0 Å². The third-order valence-electron chi connectivity index (χ3n) is 2.48. The minimum absolute atomic E-state index is 0.171. The maximum absolute atomic E-state index is 6.03. The summed E-state index contributed by atoms with van der Waals surface area (Å²) in [4.78, 5) is 0. The van der Waals surface area contributed by atoms with E-state index in [2.05, 4.69) is 12.2 Å². The van der Waals surface area contributed by atoms with Gasteiger partial charge in [0.15, 0.2) is 0 Å². The molecule has 0 heterocycles. The molecule has 0 amide bonds. The molecule has 1 atom stereocenters. The van der Waals surface area contributed by atoms with Gasteiger partial charge in [-0.3, -0.25) is 0 Å². The molecule has 1 aromatic rings. The lowest BCUT2D eigenvalue weighted by Crippen LogP contribution is -2.26. The molecule has 1 aromatic carbocycles. The van der Waals surface area contributed by atoms with Crippen molar-refractivity contribution in [1.29, 1.82) is 0 Å². The van der Waals surface area contributed by atoms with Gasteiger partial charge in [0.05, 0.1) is 22.7 Å². The van der Waals surface area contributed by atoms with E-state index in [1.807, 2.05) is 25.1 Å². The molecule has 96 valence electrons. The Morgan fingerprint density at radius 1 is 1.24 bits per heavy atom. The largest absolute Gasteiger partial charge is 0.380 e. The minimum Gasteiger partial charge on any atom is -0.380 e. The second kappa shape index (κ2) is 7.93. The van der Waals surface area contributed by atoms with E-state index in [9.17, 15) is 0 Å². The Morgan fingerprint density at radius 2 is 2.00 bits per heavy atom. The van der Waals surface area contributed by atoms with Crippen molar-refractivity contribution in [2.75, 3.05) is 19.8 Å². The van der Waals surface area contributed by atoms with Crippen LogP contribution in [0.25, 0.3) is 0 Å². The molecule has 0 bridgehead atoms. The first kappa shape index (κ1) is 14.8. The Hall–Kier alpha value is -0.280. The molecule has 0 spiro atoms. The molecule has 17 heavy (non-hydrogen) atoms. The van der Waals surface area contributed by atoms with E-state index in [1.165, 1.54) is 0 Å². The molecule has 0 aliphatic heterocycles. The zero-order valence-corrected chi connectivity index (χ0v) is 11.8. The monoisotopic (exact) mass is 275 g/mol. The number of ether oxygens (including phenoxy) is 1. The predicted octanol–water partition coefficient (Wildman–Crippen LogP) is 4.07. The molecule has 4 heteroatoms. The highest BCUT2D eigenvalue weighted by atomic mass is 35.5. The van der Waals surface area contributed by atoms with E-state index in [4.69, 9.17) is 27.9 Å². The Morgan fingerprint density at radius 3 is 2.59 bits per heavy atom. The average molecular weight is 276 g/mol. The normalized spacial score (nSPS) is 12.7. The van der Waals surface area contributed by atoms with E-state index in [-0.39, 0.29) is 6.04 Å². The molecule has 1 rings (SSSR count). The second-order valence-corrected chi connectivity index (χ2v) is 4.65. The summed E-state index contributed by atoms with van der Waals surface area (Å²) in [6, 6.07) is 5.88. The lowest BCUT2D eigenvalue weighted by atomic mass is 10.1. The first-order chi connectivity index (χ1) is 8.19. The number of halogens is 2. The molecule has 0 fully saturated rings. The summed E-state index contributed by atoms with van der Waals surface area (Å²) in [5.74, 6) is 0. The van der Waals surface area contributed by atoms with Gasteiger partial charge in [-0.2, -0.15) is 0 Å². The van der Waals surface area contributed by atoms with Crippen molar-refractivity contribution in [3.05, 3.63) is 33.8 Å². The fourth-order valence-electron chi connectivity index (χ4n) is 1.56. The maximum Gasteiger partial charge on any atom is 0.0661 e. The van der Waals surface area contributed by atoms with Crippen molar-refractivity contribution in [2.45, 2.75) is 26.3 Å². The summed E-state index contributed by atoms with van der Waals surface area (Å²) in [5.41, 5.74) is 1.11. The Balaban J connectivity index is 2.75. The van der Waals surface area contributed by atoms with Crippen LogP contribution in [0.4, 0.5) is 0 Å². The summed E-state index contributed by atoms with van der Waals surface area (Å²) in [6.07, 6.45) is 1.09. The Bertz CT molecular complexity index is 336. The van der Waals surface area contributed by atoms with Crippen LogP contribution in [-0.2, 0) is 4.74 Å². The van der Waals surface area contributed by atoms with E-state index in [0.29, 0.717) is 23.3 Å². The van der Waals surface area contributed by atoms with Crippen LogP contribution < -0.4 is 5.32 Å². The van der Waals surface area contributed by atoms with Gasteiger partial charge >= 0.3 is 0 Å². The Kier molecular flexibility index (Phi) is 6.90. The van der Waals surface area contributed by atoms with E-state index in [0.717, 1.165) is 18.5 Å². The number of hydrogen-bond donors (Lipinski definition) is 1. The van der Waals surface area contributed by atoms with E-state index >= 15 is 0 Å². The van der Waals surface area contributed by atoms with Crippen molar-refractivity contribution in [1.82, 2.24) is 5.32 Å². The summed E-state index contributed by atoms with van der Waals surface area (Å²) < 4.78 is 5.48. The van der Waals surface area contributed by atoms with Gasteiger partial charge in [0.25, 0.3) is 0 Å². The van der Waals surface area contributed by atoms with Crippen LogP contribution in [0.3, 0.4) is 0 Å². The maximum atomic E-state index is 6.03. The standard InChI is InChI=1S/C13H19Cl2NO/c1-3-7-16-13(9-17-4-2)10-5-6-11(14)12(15)8-10/h5-6,8,13,16H,3-4,7,9H2,1-2H3. The molecule has 0 aliphatic rings. The van der Waals surface area contributed by atoms with E-state index in [1.54, 1.807) is 0 Å². The summed E-state index contributed by atoms with van der Waals surface area (Å²) >= 11 is 11.9. The highest BCUT2D eigenvalue weighted by Gasteiger charge is 2.12. The lowest BCUT2D eigenvalue weighted by molar-refractivity contribution is 0.123. The van der Waals surface area contributed by atoms with Gasteiger partial charge in [-0.05, 0) is 37.6 Å². The number of benzene rings is 1. The first-order valence-corrected chi connectivity index (χ1v) is 6.70. The van der Waals surface area contributed by atoms with Crippen LogP contribution in [0, 0.1) is 0 Å². The molecule has 1 N–H and O–H groups in total. The highest BCUT2D eigenvalue weighted by Crippen LogP contribution is 2.25. The fraction of sp³-hybridized carbons (Fsp3) is 0.538. The zero-order valence-electron chi connectivity index (χ0n) is 10.3. The van der Waals surface area contributed by atoms with Crippen LogP contribution in [0.1, 0.15) is 31.9 Å². The van der Waals surface area contributed by atoms with Crippen LogP contribution in [0.2, 0.25) is 10.0 Å². The van der Waals surface area contributed by atoms with Gasteiger partial charge in [-0.15, -0.1) is 0 Å². The molecular weight excluding hydrogens is 257 g/mol. The first-order valence-electron chi connectivity index (χ1n) is 5.95. The average Bonchev–Trinajstić information content (AvgIpc) is 2.33.